The molecule has 2 rings (SSSR count). The minimum atomic E-state index is -0.759. The van der Waals surface area contributed by atoms with Crippen LogP contribution in [0.3, 0.4) is 0 Å². The van der Waals surface area contributed by atoms with Crippen LogP contribution in [0.4, 0.5) is 0 Å². The second-order valence-corrected chi connectivity index (χ2v) is 6.17. The molecule has 2 aromatic rings. The van der Waals surface area contributed by atoms with Crippen LogP contribution in [0.2, 0.25) is 5.02 Å². The van der Waals surface area contributed by atoms with Gasteiger partial charge in [0.15, 0.2) is 0 Å². The van der Waals surface area contributed by atoms with Gasteiger partial charge in [-0.25, -0.2) is 4.98 Å². The Bertz CT molecular complexity index is 625. The number of aliphatic hydroxyl groups excluding tert-OH is 1. The van der Waals surface area contributed by atoms with Crippen LogP contribution in [-0.2, 0) is 6.42 Å². The maximum Gasteiger partial charge on any atom is 0.263 e. The zero-order chi connectivity index (χ0) is 15.4. The molecule has 1 amide bonds. The van der Waals surface area contributed by atoms with Gasteiger partial charge in [-0.05, 0) is 31.0 Å². The van der Waals surface area contributed by atoms with E-state index in [1.807, 2.05) is 13.8 Å². The van der Waals surface area contributed by atoms with Crippen LogP contribution >= 0.6 is 22.9 Å². The summed E-state index contributed by atoms with van der Waals surface area (Å²) in [4.78, 5) is 17.0. The molecule has 0 radical (unpaired) electrons. The number of benzene rings is 1. The minimum Gasteiger partial charge on any atom is -0.387 e. The number of hydrogen-bond acceptors (Lipinski definition) is 4. The summed E-state index contributed by atoms with van der Waals surface area (Å²) in [7, 11) is 0. The van der Waals surface area contributed by atoms with E-state index in [1.165, 1.54) is 11.3 Å². The highest BCUT2D eigenvalue weighted by Crippen LogP contribution is 2.19. The van der Waals surface area contributed by atoms with Gasteiger partial charge in [-0.1, -0.05) is 30.7 Å². The molecule has 0 saturated carbocycles. The number of carbonyl (C=O) groups excluding carboxylic acids is 1. The van der Waals surface area contributed by atoms with Crippen LogP contribution in [0.15, 0.2) is 24.3 Å². The Labute approximate surface area is 132 Å². The normalized spacial score (nSPS) is 12.2. The summed E-state index contributed by atoms with van der Waals surface area (Å²) in [6.07, 6.45) is 0.0525. The number of nitrogens with zero attached hydrogens (tertiary/aromatic N) is 1. The number of rotatable bonds is 5. The van der Waals surface area contributed by atoms with Crippen LogP contribution in [0.25, 0.3) is 0 Å². The zero-order valence-electron chi connectivity index (χ0n) is 11.9. The molecule has 0 spiro atoms. The van der Waals surface area contributed by atoms with Crippen molar-refractivity contribution < 1.29 is 9.90 Å². The Morgan fingerprint density at radius 3 is 2.67 bits per heavy atom. The number of aliphatic hydroxyl groups is 1. The van der Waals surface area contributed by atoms with E-state index >= 15 is 0 Å². The summed E-state index contributed by atoms with van der Waals surface area (Å²) >= 11 is 7.20. The molecular formula is C15H17ClN2O2S. The Morgan fingerprint density at radius 2 is 2.10 bits per heavy atom. The Morgan fingerprint density at radius 1 is 1.43 bits per heavy atom. The van der Waals surface area contributed by atoms with Crippen molar-refractivity contribution in [2.75, 3.05) is 6.54 Å². The molecule has 21 heavy (non-hydrogen) atoms. The Hall–Kier alpha value is -1.43. The fourth-order valence-corrected chi connectivity index (χ4v) is 2.93. The fraction of sp³-hybridized carbons (Fsp3) is 0.333. The highest BCUT2D eigenvalue weighted by atomic mass is 35.5. The third-order valence-corrected chi connectivity index (χ3v) is 4.61. The smallest absolute Gasteiger partial charge is 0.263 e. The molecule has 112 valence electrons. The number of nitrogens with one attached hydrogen (secondary N) is 1. The molecule has 0 saturated heterocycles. The first-order chi connectivity index (χ1) is 10.0. The molecule has 0 fully saturated rings. The number of carbonyl (C=O) groups is 1. The number of hydrogen-bond donors (Lipinski definition) is 2. The Balaban J connectivity index is 1.97. The number of aromatic nitrogens is 1. The lowest BCUT2D eigenvalue weighted by Gasteiger charge is -2.12. The number of amides is 1. The summed E-state index contributed by atoms with van der Waals surface area (Å²) < 4.78 is 0. The maximum absolute atomic E-state index is 12.1. The van der Waals surface area contributed by atoms with Crippen LogP contribution < -0.4 is 5.32 Å². The summed E-state index contributed by atoms with van der Waals surface area (Å²) in [6, 6.07) is 6.91. The van der Waals surface area contributed by atoms with Gasteiger partial charge in [0, 0.05) is 11.6 Å². The van der Waals surface area contributed by atoms with Gasteiger partial charge in [-0.3, -0.25) is 4.79 Å². The summed E-state index contributed by atoms with van der Waals surface area (Å²) in [5.74, 6) is -0.197. The van der Waals surface area contributed by atoms with Gasteiger partial charge in [0.1, 0.15) is 4.88 Å². The molecule has 2 N–H and O–H groups in total. The summed E-state index contributed by atoms with van der Waals surface area (Å²) in [5, 5.41) is 14.4. The first-order valence-electron chi connectivity index (χ1n) is 6.69. The molecule has 0 aliphatic carbocycles. The summed E-state index contributed by atoms with van der Waals surface area (Å²) in [6.45, 7) is 3.98. The monoisotopic (exact) mass is 324 g/mol. The molecule has 1 aromatic heterocycles. The van der Waals surface area contributed by atoms with E-state index in [9.17, 15) is 9.90 Å². The SMILES string of the molecule is CCc1nc(C)c(C(=O)NCC(O)c2ccc(Cl)cc2)s1. The molecular weight excluding hydrogens is 308 g/mol. The predicted octanol–water partition coefficient (Wildman–Crippen LogP) is 3.13. The van der Waals surface area contributed by atoms with Crippen molar-refractivity contribution in [3.63, 3.8) is 0 Å². The van der Waals surface area contributed by atoms with E-state index in [0.717, 1.165) is 22.7 Å². The second kappa shape index (κ2) is 7.02. The van der Waals surface area contributed by atoms with E-state index < -0.39 is 6.10 Å². The standard InChI is InChI=1S/C15H17ClN2O2S/c1-3-13-18-9(2)14(21-13)15(20)17-8-12(19)10-4-6-11(16)7-5-10/h4-7,12,19H,3,8H2,1-2H3,(H,17,20). The third-order valence-electron chi connectivity index (χ3n) is 3.06. The van der Waals surface area contributed by atoms with Crippen molar-refractivity contribution in [3.05, 3.63) is 50.4 Å². The van der Waals surface area contributed by atoms with Crippen molar-refractivity contribution in [3.8, 4) is 0 Å². The van der Waals surface area contributed by atoms with Gasteiger partial charge < -0.3 is 10.4 Å². The van der Waals surface area contributed by atoms with Crippen molar-refractivity contribution in [2.45, 2.75) is 26.4 Å². The summed E-state index contributed by atoms with van der Waals surface area (Å²) in [5.41, 5.74) is 1.45. The van der Waals surface area contributed by atoms with Gasteiger partial charge in [-0.15, -0.1) is 11.3 Å². The molecule has 6 heteroatoms. The van der Waals surface area contributed by atoms with E-state index in [4.69, 9.17) is 11.6 Å². The topological polar surface area (TPSA) is 62.2 Å². The van der Waals surface area contributed by atoms with Crippen LogP contribution in [0, 0.1) is 6.92 Å². The lowest BCUT2D eigenvalue weighted by Crippen LogP contribution is -2.28. The van der Waals surface area contributed by atoms with Crippen molar-refractivity contribution in [1.82, 2.24) is 10.3 Å². The Kier molecular flexibility index (Phi) is 5.33. The van der Waals surface area contributed by atoms with Gasteiger partial charge in [0.25, 0.3) is 5.91 Å². The molecule has 0 aliphatic heterocycles. The fourth-order valence-electron chi connectivity index (χ4n) is 1.89. The first-order valence-corrected chi connectivity index (χ1v) is 7.88. The molecule has 1 unspecified atom stereocenters. The molecule has 4 nitrogen and oxygen atoms in total. The van der Waals surface area contributed by atoms with Crippen LogP contribution in [0.5, 0.6) is 0 Å². The number of halogens is 1. The third kappa shape index (κ3) is 4.03. The molecule has 0 aliphatic rings. The number of thiazole rings is 1. The van der Waals surface area contributed by atoms with E-state index in [0.29, 0.717) is 9.90 Å². The average Bonchev–Trinajstić information content (AvgIpc) is 2.86. The van der Waals surface area contributed by atoms with Crippen molar-refractivity contribution in [1.29, 1.82) is 0 Å². The first kappa shape index (κ1) is 15.9. The van der Waals surface area contributed by atoms with Gasteiger partial charge in [0.05, 0.1) is 16.8 Å². The number of aryl methyl sites for hydroxylation is 2. The molecule has 1 atom stereocenters. The minimum absolute atomic E-state index is 0.152. The molecule has 1 aromatic carbocycles. The molecule has 1 heterocycles. The van der Waals surface area contributed by atoms with Crippen LogP contribution in [-0.4, -0.2) is 22.5 Å². The largest absolute Gasteiger partial charge is 0.387 e. The van der Waals surface area contributed by atoms with Gasteiger partial charge >= 0.3 is 0 Å². The zero-order valence-corrected chi connectivity index (χ0v) is 13.5. The lowest BCUT2D eigenvalue weighted by molar-refractivity contribution is 0.0919. The lowest BCUT2D eigenvalue weighted by atomic mass is 10.1. The van der Waals surface area contributed by atoms with Gasteiger partial charge in [-0.2, -0.15) is 0 Å². The van der Waals surface area contributed by atoms with E-state index in [2.05, 4.69) is 10.3 Å². The quantitative estimate of drug-likeness (QED) is 0.888. The van der Waals surface area contributed by atoms with E-state index in [1.54, 1.807) is 24.3 Å². The van der Waals surface area contributed by atoms with Crippen molar-refractivity contribution >= 4 is 28.8 Å². The highest BCUT2D eigenvalue weighted by Gasteiger charge is 2.16. The molecule has 0 bridgehead atoms. The highest BCUT2D eigenvalue weighted by molar-refractivity contribution is 7.13. The van der Waals surface area contributed by atoms with E-state index in [-0.39, 0.29) is 12.5 Å². The van der Waals surface area contributed by atoms with Crippen molar-refractivity contribution in [2.24, 2.45) is 0 Å². The van der Waals surface area contributed by atoms with Crippen LogP contribution in [0.1, 0.15) is 39.0 Å². The average molecular weight is 325 g/mol. The second-order valence-electron chi connectivity index (χ2n) is 4.65. The maximum atomic E-state index is 12.1. The van der Waals surface area contributed by atoms with Gasteiger partial charge in [0.2, 0.25) is 0 Å². The predicted molar refractivity (Wildman–Crippen MR) is 85.0 cm³/mol.